The summed E-state index contributed by atoms with van der Waals surface area (Å²) in [6.45, 7) is 11.8. The Balaban J connectivity index is 0.000000583. The number of carbonyl (C=O) groups excluding carboxylic acids is 1. The summed E-state index contributed by atoms with van der Waals surface area (Å²) < 4.78 is 5.15. The lowest BCUT2D eigenvalue weighted by molar-refractivity contribution is 0.0859. The van der Waals surface area contributed by atoms with Gasteiger partial charge >= 0.3 is 6.09 Å². The highest BCUT2D eigenvalue weighted by Gasteiger charge is 2.36. The number of carbonyl (C=O) groups is 1. The average molecular weight is 215 g/mol. The van der Waals surface area contributed by atoms with Crippen molar-refractivity contribution in [3.63, 3.8) is 0 Å². The first-order valence-corrected chi connectivity index (χ1v) is 5.94. The SMILES string of the molecule is CCC.CCCCN1CC(C)(C)OC1=O. The smallest absolute Gasteiger partial charge is 0.410 e. The molecular formula is C12H25NO2. The monoisotopic (exact) mass is 215 g/mol. The van der Waals surface area contributed by atoms with Gasteiger partial charge in [0.15, 0.2) is 0 Å². The second-order valence-electron chi connectivity index (χ2n) is 4.61. The van der Waals surface area contributed by atoms with Crippen molar-refractivity contribution in [2.75, 3.05) is 13.1 Å². The Labute approximate surface area is 93.8 Å². The summed E-state index contributed by atoms with van der Waals surface area (Å²) in [5, 5.41) is 0. The third-order valence-corrected chi connectivity index (χ3v) is 1.98. The molecule has 0 radical (unpaired) electrons. The summed E-state index contributed by atoms with van der Waals surface area (Å²) in [5.41, 5.74) is -0.287. The highest BCUT2D eigenvalue weighted by Crippen LogP contribution is 2.21. The van der Waals surface area contributed by atoms with Crippen LogP contribution in [0.1, 0.15) is 53.9 Å². The molecule has 3 heteroatoms. The van der Waals surface area contributed by atoms with Gasteiger partial charge in [0.1, 0.15) is 5.60 Å². The van der Waals surface area contributed by atoms with Crippen molar-refractivity contribution in [3.05, 3.63) is 0 Å². The molecule has 0 aromatic rings. The lowest BCUT2D eigenvalue weighted by Gasteiger charge is -2.14. The zero-order chi connectivity index (χ0) is 11.9. The van der Waals surface area contributed by atoms with Gasteiger partial charge in [0.2, 0.25) is 0 Å². The number of rotatable bonds is 3. The van der Waals surface area contributed by atoms with E-state index in [0.717, 1.165) is 25.9 Å². The van der Waals surface area contributed by atoms with Gasteiger partial charge in [-0.2, -0.15) is 0 Å². The Morgan fingerprint density at radius 1 is 1.33 bits per heavy atom. The van der Waals surface area contributed by atoms with Gasteiger partial charge in [-0.15, -0.1) is 0 Å². The predicted molar refractivity (Wildman–Crippen MR) is 63.0 cm³/mol. The van der Waals surface area contributed by atoms with Gasteiger partial charge in [-0.1, -0.05) is 33.6 Å². The highest BCUT2D eigenvalue weighted by atomic mass is 16.6. The summed E-state index contributed by atoms with van der Waals surface area (Å²) >= 11 is 0. The molecule has 0 N–H and O–H groups in total. The normalized spacial score (nSPS) is 18.2. The molecular weight excluding hydrogens is 190 g/mol. The molecule has 15 heavy (non-hydrogen) atoms. The molecule has 1 saturated heterocycles. The molecule has 90 valence electrons. The molecule has 0 aromatic heterocycles. The Kier molecular flexibility index (Phi) is 6.37. The first kappa shape index (κ1) is 14.3. The van der Waals surface area contributed by atoms with Crippen LogP contribution in [0.5, 0.6) is 0 Å². The maximum Gasteiger partial charge on any atom is 0.410 e. The summed E-state index contributed by atoms with van der Waals surface area (Å²) in [5.74, 6) is 0. The molecule has 0 aliphatic carbocycles. The van der Waals surface area contributed by atoms with Gasteiger partial charge in [-0.3, -0.25) is 0 Å². The van der Waals surface area contributed by atoms with E-state index in [2.05, 4.69) is 20.8 Å². The minimum absolute atomic E-state index is 0.159. The molecule has 1 heterocycles. The van der Waals surface area contributed by atoms with Crippen LogP contribution >= 0.6 is 0 Å². The van der Waals surface area contributed by atoms with E-state index < -0.39 is 0 Å². The van der Waals surface area contributed by atoms with Gasteiger partial charge in [-0.05, 0) is 20.3 Å². The van der Waals surface area contributed by atoms with Crippen LogP contribution in [0.25, 0.3) is 0 Å². The molecule has 0 saturated carbocycles. The van der Waals surface area contributed by atoms with Gasteiger partial charge in [0, 0.05) is 6.54 Å². The first-order valence-electron chi connectivity index (χ1n) is 5.94. The number of nitrogens with zero attached hydrogens (tertiary/aromatic N) is 1. The van der Waals surface area contributed by atoms with Crippen LogP contribution in [0.3, 0.4) is 0 Å². The Bertz CT molecular complexity index is 190. The molecule has 3 nitrogen and oxygen atoms in total. The van der Waals surface area contributed by atoms with Crippen LogP contribution in [0.2, 0.25) is 0 Å². The molecule has 1 aliphatic heterocycles. The van der Waals surface area contributed by atoms with Gasteiger partial charge in [0.05, 0.1) is 6.54 Å². The number of hydrogen-bond donors (Lipinski definition) is 0. The van der Waals surface area contributed by atoms with Gasteiger partial charge in [-0.25, -0.2) is 4.79 Å². The number of amides is 1. The van der Waals surface area contributed by atoms with E-state index in [1.54, 1.807) is 4.90 Å². The fraction of sp³-hybridized carbons (Fsp3) is 0.917. The summed E-state index contributed by atoms with van der Waals surface area (Å²) in [6, 6.07) is 0. The van der Waals surface area contributed by atoms with Crippen LogP contribution in [0.15, 0.2) is 0 Å². The first-order chi connectivity index (χ1) is 6.96. The largest absolute Gasteiger partial charge is 0.441 e. The Morgan fingerprint density at radius 3 is 2.20 bits per heavy atom. The van der Waals surface area contributed by atoms with Crippen LogP contribution in [-0.2, 0) is 4.74 Å². The van der Waals surface area contributed by atoms with Crippen LogP contribution < -0.4 is 0 Å². The summed E-state index contributed by atoms with van der Waals surface area (Å²) in [7, 11) is 0. The molecule has 1 aliphatic rings. The molecule has 0 aromatic carbocycles. The van der Waals surface area contributed by atoms with E-state index in [-0.39, 0.29) is 11.7 Å². The van der Waals surface area contributed by atoms with Crippen molar-refractivity contribution >= 4 is 6.09 Å². The zero-order valence-electron chi connectivity index (χ0n) is 10.8. The maximum absolute atomic E-state index is 11.2. The second-order valence-corrected chi connectivity index (χ2v) is 4.61. The predicted octanol–water partition coefficient (Wildman–Crippen LogP) is 3.43. The van der Waals surface area contributed by atoms with Crippen molar-refractivity contribution in [1.29, 1.82) is 0 Å². The molecule has 1 fully saturated rings. The Hall–Kier alpha value is -0.730. The van der Waals surface area contributed by atoms with Gasteiger partial charge < -0.3 is 9.64 Å². The number of ether oxygens (including phenoxy) is 1. The minimum atomic E-state index is -0.287. The van der Waals surface area contributed by atoms with Crippen molar-refractivity contribution in [3.8, 4) is 0 Å². The molecule has 0 atom stereocenters. The molecule has 0 bridgehead atoms. The van der Waals surface area contributed by atoms with Crippen molar-refractivity contribution in [2.45, 2.75) is 59.5 Å². The van der Waals surface area contributed by atoms with Crippen LogP contribution in [0, 0.1) is 0 Å². The number of hydrogen-bond acceptors (Lipinski definition) is 2. The van der Waals surface area contributed by atoms with Crippen molar-refractivity contribution in [1.82, 2.24) is 4.90 Å². The zero-order valence-corrected chi connectivity index (χ0v) is 10.8. The highest BCUT2D eigenvalue weighted by molar-refractivity contribution is 5.70. The van der Waals surface area contributed by atoms with E-state index in [9.17, 15) is 4.79 Å². The van der Waals surface area contributed by atoms with Crippen molar-refractivity contribution < 1.29 is 9.53 Å². The fourth-order valence-corrected chi connectivity index (χ4v) is 1.38. The molecule has 0 unspecified atom stereocenters. The van der Waals surface area contributed by atoms with Crippen LogP contribution in [-0.4, -0.2) is 29.7 Å². The number of unbranched alkanes of at least 4 members (excludes halogenated alkanes) is 1. The second kappa shape index (κ2) is 6.70. The Morgan fingerprint density at radius 2 is 1.87 bits per heavy atom. The van der Waals surface area contributed by atoms with E-state index in [1.165, 1.54) is 6.42 Å². The van der Waals surface area contributed by atoms with E-state index >= 15 is 0 Å². The fourth-order valence-electron chi connectivity index (χ4n) is 1.38. The summed E-state index contributed by atoms with van der Waals surface area (Å²) in [4.78, 5) is 13.0. The lowest BCUT2D eigenvalue weighted by Crippen LogP contribution is -2.29. The standard InChI is InChI=1S/C9H17NO2.C3H8/c1-4-5-6-10-7-9(2,3)12-8(10)11;1-3-2/h4-7H2,1-3H3;3H2,1-2H3. The third kappa shape index (κ3) is 5.65. The average Bonchev–Trinajstić information content (AvgIpc) is 2.37. The van der Waals surface area contributed by atoms with E-state index in [1.807, 2.05) is 13.8 Å². The third-order valence-electron chi connectivity index (χ3n) is 1.98. The van der Waals surface area contributed by atoms with Crippen LogP contribution in [0.4, 0.5) is 4.79 Å². The van der Waals surface area contributed by atoms with Gasteiger partial charge in [0.25, 0.3) is 0 Å². The quantitative estimate of drug-likeness (QED) is 0.721. The molecule has 1 amide bonds. The molecule has 0 spiro atoms. The van der Waals surface area contributed by atoms with E-state index in [4.69, 9.17) is 4.74 Å². The maximum atomic E-state index is 11.2. The van der Waals surface area contributed by atoms with Crippen molar-refractivity contribution in [2.24, 2.45) is 0 Å². The topological polar surface area (TPSA) is 29.5 Å². The number of cyclic esters (lactones) is 1. The molecule has 1 rings (SSSR count). The minimum Gasteiger partial charge on any atom is -0.441 e. The lowest BCUT2D eigenvalue weighted by atomic mass is 10.1. The van der Waals surface area contributed by atoms with E-state index in [0.29, 0.717) is 0 Å². The summed E-state index contributed by atoms with van der Waals surface area (Å²) in [6.07, 6.45) is 3.27.